The first-order valence-electron chi connectivity index (χ1n) is 10.5. The maximum Gasteiger partial charge on any atom is 0.280 e. The van der Waals surface area contributed by atoms with E-state index in [4.69, 9.17) is 0 Å². The van der Waals surface area contributed by atoms with Crippen LogP contribution in [0.5, 0.6) is 0 Å². The number of hydrazone groups is 1. The zero-order valence-corrected chi connectivity index (χ0v) is 18.2. The van der Waals surface area contributed by atoms with E-state index < -0.39 is 40.7 Å². The smallest absolute Gasteiger partial charge is 0.280 e. The zero-order valence-electron chi connectivity index (χ0n) is 18.2. The van der Waals surface area contributed by atoms with E-state index in [2.05, 4.69) is 5.10 Å². The van der Waals surface area contributed by atoms with Gasteiger partial charge in [-0.1, -0.05) is 48.5 Å². The molecule has 0 saturated heterocycles. The number of hydrogen-bond acceptors (Lipinski definition) is 2. The van der Waals surface area contributed by atoms with Crippen molar-refractivity contribution in [2.45, 2.75) is 13.5 Å². The third kappa shape index (κ3) is 3.69. The van der Waals surface area contributed by atoms with Gasteiger partial charge < -0.3 is 4.57 Å². The Balaban J connectivity index is 1.58. The largest absolute Gasteiger partial charge is 0.342 e. The monoisotopic (exact) mass is 481 g/mol. The van der Waals surface area contributed by atoms with E-state index in [1.807, 2.05) is 65.4 Å². The second kappa shape index (κ2) is 8.50. The van der Waals surface area contributed by atoms with Crippen LogP contribution in [0.4, 0.5) is 27.6 Å². The Bertz CT molecular complexity index is 1530. The van der Waals surface area contributed by atoms with Gasteiger partial charge in [0.1, 0.15) is 5.69 Å². The van der Waals surface area contributed by atoms with Gasteiger partial charge in [0.2, 0.25) is 5.82 Å². The summed E-state index contributed by atoms with van der Waals surface area (Å²) in [7, 11) is 0. The van der Waals surface area contributed by atoms with Crippen molar-refractivity contribution in [3.63, 3.8) is 0 Å². The number of halogens is 5. The van der Waals surface area contributed by atoms with Crippen molar-refractivity contribution in [2.24, 2.45) is 5.10 Å². The predicted molar refractivity (Wildman–Crippen MR) is 122 cm³/mol. The van der Waals surface area contributed by atoms with Gasteiger partial charge in [0, 0.05) is 29.2 Å². The number of para-hydroxylation sites is 1. The third-order valence-electron chi connectivity index (χ3n) is 5.78. The molecule has 176 valence electrons. The van der Waals surface area contributed by atoms with Crippen molar-refractivity contribution >= 4 is 34.3 Å². The van der Waals surface area contributed by atoms with Crippen molar-refractivity contribution in [1.29, 1.82) is 0 Å². The Morgan fingerprint density at radius 3 is 2.11 bits per heavy atom. The fourth-order valence-corrected chi connectivity index (χ4v) is 4.07. The molecule has 3 aromatic carbocycles. The van der Waals surface area contributed by atoms with Crippen molar-refractivity contribution in [1.82, 2.24) is 4.57 Å². The summed E-state index contributed by atoms with van der Waals surface area (Å²) in [4.78, 5) is 13.0. The molecule has 4 aromatic rings. The maximum absolute atomic E-state index is 14.3. The lowest BCUT2D eigenvalue weighted by molar-refractivity contribution is -0.114. The molecule has 0 radical (unpaired) electrons. The Morgan fingerprint density at radius 2 is 1.43 bits per heavy atom. The van der Waals surface area contributed by atoms with E-state index in [1.54, 1.807) is 0 Å². The lowest BCUT2D eigenvalue weighted by Gasteiger charge is -2.15. The first-order chi connectivity index (χ1) is 16.8. The Labute approximate surface area is 196 Å². The van der Waals surface area contributed by atoms with E-state index in [-0.39, 0.29) is 16.3 Å². The van der Waals surface area contributed by atoms with Crippen molar-refractivity contribution in [3.05, 3.63) is 107 Å². The molecule has 0 aliphatic carbocycles. The maximum atomic E-state index is 14.3. The van der Waals surface area contributed by atoms with Crippen molar-refractivity contribution in [3.8, 4) is 0 Å². The molecule has 0 atom stereocenters. The molecule has 0 fully saturated rings. The summed E-state index contributed by atoms with van der Waals surface area (Å²) in [5, 5.41) is 4.82. The van der Waals surface area contributed by atoms with E-state index in [0.29, 0.717) is 12.1 Å². The minimum absolute atomic E-state index is 0.0310. The lowest BCUT2D eigenvalue weighted by Crippen LogP contribution is -2.25. The number of aromatic nitrogens is 1. The van der Waals surface area contributed by atoms with Crippen LogP contribution in [0.1, 0.15) is 18.1 Å². The quantitative estimate of drug-likeness (QED) is 0.148. The predicted octanol–water partition coefficient (Wildman–Crippen LogP) is 6.19. The summed E-state index contributed by atoms with van der Waals surface area (Å²) < 4.78 is 71.5. The van der Waals surface area contributed by atoms with Gasteiger partial charge in [0.15, 0.2) is 23.3 Å². The number of fused-ring (bicyclic) bond motifs is 1. The molecule has 0 saturated carbocycles. The summed E-state index contributed by atoms with van der Waals surface area (Å²) >= 11 is 0. The van der Waals surface area contributed by atoms with E-state index in [1.165, 1.54) is 13.0 Å². The average Bonchev–Trinajstić information content (AvgIpc) is 3.34. The molecule has 4 nitrogen and oxygen atoms in total. The van der Waals surface area contributed by atoms with Crippen molar-refractivity contribution in [2.75, 3.05) is 5.01 Å². The van der Waals surface area contributed by atoms with Crippen LogP contribution in [-0.2, 0) is 11.3 Å². The highest BCUT2D eigenvalue weighted by molar-refractivity contribution is 6.32. The Morgan fingerprint density at radius 1 is 0.829 bits per heavy atom. The van der Waals surface area contributed by atoms with Gasteiger partial charge in [-0.2, -0.15) is 10.1 Å². The van der Waals surface area contributed by atoms with Gasteiger partial charge in [0.25, 0.3) is 5.91 Å². The fraction of sp³-hybridized carbons (Fsp3) is 0.0769. The highest BCUT2D eigenvalue weighted by Crippen LogP contribution is 2.34. The van der Waals surface area contributed by atoms with Crippen LogP contribution in [0.2, 0.25) is 0 Å². The number of hydrogen-bond donors (Lipinski definition) is 0. The molecule has 1 aliphatic rings. The number of rotatable bonds is 4. The summed E-state index contributed by atoms with van der Waals surface area (Å²) in [6, 6.07) is 17.2. The van der Waals surface area contributed by atoms with E-state index in [9.17, 15) is 26.7 Å². The van der Waals surface area contributed by atoms with Crippen LogP contribution in [0, 0.1) is 29.1 Å². The Hall–Kier alpha value is -4.27. The van der Waals surface area contributed by atoms with Gasteiger partial charge >= 0.3 is 0 Å². The molecular formula is C26H16F5N3O. The minimum Gasteiger partial charge on any atom is -0.342 e. The van der Waals surface area contributed by atoms with Crippen molar-refractivity contribution < 1.29 is 26.7 Å². The van der Waals surface area contributed by atoms with Gasteiger partial charge in [-0.25, -0.2) is 22.0 Å². The van der Waals surface area contributed by atoms with Crippen LogP contribution in [0.25, 0.3) is 17.0 Å². The number of carbonyl (C=O) groups is 1. The first kappa shape index (κ1) is 22.5. The molecule has 0 unspecified atom stereocenters. The number of anilines is 1. The summed E-state index contributed by atoms with van der Waals surface area (Å²) in [6.45, 7) is 1.97. The third-order valence-corrected chi connectivity index (χ3v) is 5.78. The summed E-state index contributed by atoms with van der Waals surface area (Å²) in [5.41, 5.74) is 1.20. The van der Waals surface area contributed by atoms with Crippen LogP contribution >= 0.6 is 0 Å². The van der Waals surface area contributed by atoms with Gasteiger partial charge in [-0.3, -0.25) is 4.79 Å². The number of nitrogens with zero attached hydrogens (tertiary/aromatic N) is 3. The zero-order chi connectivity index (χ0) is 24.9. The Kier molecular flexibility index (Phi) is 5.47. The highest BCUT2D eigenvalue weighted by Gasteiger charge is 2.37. The topological polar surface area (TPSA) is 37.6 Å². The summed E-state index contributed by atoms with van der Waals surface area (Å²) in [6.07, 6.45) is 3.32. The second-order valence-corrected chi connectivity index (χ2v) is 7.99. The van der Waals surface area contributed by atoms with Gasteiger partial charge in [0.05, 0.1) is 11.3 Å². The molecular weight excluding hydrogens is 465 g/mol. The molecule has 0 spiro atoms. The molecule has 35 heavy (non-hydrogen) atoms. The van der Waals surface area contributed by atoms with Gasteiger partial charge in [-0.05, 0) is 24.6 Å². The molecule has 5 rings (SSSR count). The fourth-order valence-electron chi connectivity index (χ4n) is 4.07. The van der Waals surface area contributed by atoms with Crippen LogP contribution in [0.15, 0.2) is 71.5 Å². The normalized spacial score (nSPS) is 14.9. The van der Waals surface area contributed by atoms with Crippen LogP contribution < -0.4 is 5.01 Å². The van der Waals surface area contributed by atoms with E-state index in [0.717, 1.165) is 16.5 Å². The average molecular weight is 481 g/mol. The number of benzene rings is 3. The van der Waals surface area contributed by atoms with E-state index >= 15 is 0 Å². The highest BCUT2D eigenvalue weighted by atomic mass is 19.2. The second-order valence-electron chi connectivity index (χ2n) is 7.99. The SMILES string of the molecule is CC1=NN(c2c(F)c(F)c(F)c(F)c2F)C(=O)/C1=C\c1cn(Cc2ccccc2)c2ccccc12. The van der Waals surface area contributed by atoms with Crippen LogP contribution in [0.3, 0.4) is 0 Å². The molecule has 1 aromatic heterocycles. The summed E-state index contributed by atoms with van der Waals surface area (Å²) in [5.74, 6) is -11.9. The molecule has 0 N–H and O–H groups in total. The minimum atomic E-state index is -2.31. The molecule has 9 heteroatoms. The lowest BCUT2D eigenvalue weighted by atomic mass is 10.1. The molecule has 1 aliphatic heterocycles. The van der Waals surface area contributed by atoms with Crippen LogP contribution in [-0.4, -0.2) is 16.2 Å². The number of carbonyl (C=O) groups excluding carboxylic acids is 1. The van der Waals surface area contributed by atoms with Gasteiger partial charge in [-0.15, -0.1) is 0 Å². The molecule has 1 amide bonds. The molecule has 2 heterocycles. The number of amides is 1. The molecule has 0 bridgehead atoms. The standard InChI is InChI=1S/C26H16F5N3O/c1-14-18(26(35)34(32-14)25-23(30)21(28)20(27)22(29)24(25)31)11-16-13-33(12-15-7-3-2-4-8-15)19-10-6-5-9-17(16)19/h2-11,13H,12H2,1H3/b18-11-. The first-order valence-corrected chi connectivity index (χ1v) is 10.5.